The summed E-state index contributed by atoms with van der Waals surface area (Å²) in [5.74, 6) is 0.357. The van der Waals surface area contributed by atoms with Crippen LogP contribution in [0, 0.1) is 0 Å². The molecule has 0 aliphatic rings. The number of aryl methyl sites for hydroxylation is 1. The minimum absolute atomic E-state index is 0.357. The molecule has 0 spiro atoms. The van der Waals surface area contributed by atoms with E-state index in [9.17, 15) is 0 Å². The highest BCUT2D eigenvalue weighted by molar-refractivity contribution is 5.21. The van der Waals surface area contributed by atoms with Crippen LogP contribution in [0.5, 0.6) is 0 Å². The molecule has 0 aliphatic carbocycles. The Morgan fingerprint density at radius 2 is 2.00 bits per heavy atom. The second-order valence-corrected chi connectivity index (χ2v) is 4.03. The standard InChI is InChI=1S/C13H17N3/c1-16-8-7-13(15-16)9-12(10-14)11-5-3-2-4-6-11/h2-8,12H,9-10,14H2,1H3. The zero-order valence-corrected chi connectivity index (χ0v) is 9.50. The van der Waals surface area contributed by atoms with Crippen molar-refractivity contribution in [3.8, 4) is 0 Å². The third-order valence-corrected chi connectivity index (χ3v) is 2.78. The molecule has 84 valence electrons. The molecule has 3 nitrogen and oxygen atoms in total. The third kappa shape index (κ3) is 2.49. The van der Waals surface area contributed by atoms with Crippen LogP contribution in [0.3, 0.4) is 0 Å². The Morgan fingerprint density at radius 3 is 2.56 bits per heavy atom. The highest BCUT2D eigenvalue weighted by atomic mass is 15.2. The molecule has 0 fully saturated rings. The van der Waals surface area contributed by atoms with Gasteiger partial charge in [0.1, 0.15) is 0 Å². The van der Waals surface area contributed by atoms with Crippen LogP contribution in [0.2, 0.25) is 0 Å². The van der Waals surface area contributed by atoms with Gasteiger partial charge in [0.2, 0.25) is 0 Å². The van der Waals surface area contributed by atoms with Crippen LogP contribution >= 0.6 is 0 Å². The van der Waals surface area contributed by atoms with Gasteiger partial charge in [-0.3, -0.25) is 4.68 Å². The highest BCUT2D eigenvalue weighted by Crippen LogP contribution is 2.18. The van der Waals surface area contributed by atoms with Crippen molar-refractivity contribution >= 4 is 0 Å². The van der Waals surface area contributed by atoms with E-state index in [2.05, 4.69) is 29.4 Å². The maximum atomic E-state index is 5.82. The normalized spacial score (nSPS) is 12.6. The van der Waals surface area contributed by atoms with E-state index in [-0.39, 0.29) is 0 Å². The summed E-state index contributed by atoms with van der Waals surface area (Å²) in [5.41, 5.74) is 8.21. The largest absolute Gasteiger partial charge is 0.330 e. The van der Waals surface area contributed by atoms with Gasteiger partial charge < -0.3 is 5.73 Å². The topological polar surface area (TPSA) is 43.8 Å². The molecule has 1 aromatic carbocycles. The lowest BCUT2D eigenvalue weighted by atomic mass is 9.94. The van der Waals surface area contributed by atoms with Crippen LogP contribution in [0.1, 0.15) is 17.2 Å². The van der Waals surface area contributed by atoms with E-state index >= 15 is 0 Å². The van der Waals surface area contributed by atoms with E-state index in [1.54, 1.807) is 0 Å². The van der Waals surface area contributed by atoms with Gasteiger partial charge in [-0.1, -0.05) is 30.3 Å². The first kappa shape index (κ1) is 10.9. The van der Waals surface area contributed by atoms with E-state index in [0.717, 1.165) is 12.1 Å². The Morgan fingerprint density at radius 1 is 1.25 bits per heavy atom. The van der Waals surface area contributed by atoms with Crippen molar-refractivity contribution in [1.82, 2.24) is 9.78 Å². The van der Waals surface area contributed by atoms with E-state index in [1.165, 1.54) is 5.56 Å². The van der Waals surface area contributed by atoms with Gasteiger partial charge in [-0.25, -0.2) is 0 Å². The summed E-state index contributed by atoms with van der Waals surface area (Å²) < 4.78 is 1.83. The second-order valence-electron chi connectivity index (χ2n) is 4.03. The highest BCUT2D eigenvalue weighted by Gasteiger charge is 2.11. The van der Waals surface area contributed by atoms with Crippen LogP contribution in [0.4, 0.5) is 0 Å². The summed E-state index contributed by atoms with van der Waals surface area (Å²) in [4.78, 5) is 0. The van der Waals surface area contributed by atoms with Crippen molar-refractivity contribution in [3.05, 3.63) is 53.9 Å². The zero-order valence-electron chi connectivity index (χ0n) is 9.50. The predicted octanol–water partition coefficient (Wildman–Crippen LogP) is 1.71. The van der Waals surface area contributed by atoms with Crippen molar-refractivity contribution in [1.29, 1.82) is 0 Å². The van der Waals surface area contributed by atoms with Crippen molar-refractivity contribution in [2.75, 3.05) is 6.54 Å². The predicted molar refractivity (Wildman–Crippen MR) is 65.1 cm³/mol. The SMILES string of the molecule is Cn1ccc(CC(CN)c2ccccc2)n1. The minimum Gasteiger partial charge on any atom is -0.330 e. The van der Waals surface area contributed by atoms with Crippen LogP contribution in [0.15, 0.2) is 42.6 Å². The number of benzene rings is 1. The first-order chi connectivity index (χ1) is 7.79. The lowest BCUT2D eigenvalue weighted by Gasteiger charge is -2.13. The Labute approximate surface area is 95.9 Å². The van der Waals surface area contributed by atoms with E-state index in [0.29, 0.717) is 12.5 Å². The van der Waals surface area contributed by atoms with Gasteiger partial charge in [0.25, 0.3) is 0 Å². The minimum atomic E-state index is 0.357. The van der Waals surface area contributed by atoms with Crippen molar-refractivity contribution in [2.45, 2.75) is 12.3 Å². The number of nitrogens with zero attached hydrogens (tertiary/aromatic N) is 2. The lowest BCUT2D eigenvalue weighted by Crippen LogP contribution is -2.15. The Bertz CT molecular complexity index is 433. The molecule has 1 heterocycles. The van der Waals surface area contributed by atoms with Crippen molar-refractivity contribution in [2.24, 2.45) is 12.8 Å². The molecule has 16 heavy (non-hydrogen) atoms. The van der Waals surface area contributed by atoms with E-state index < -0.39 is 0 Å². The van der Waals surface area contributed by atoms with Crippen LogP contribution in [-0.2, 0) is 13.5 Å². The smallest absolute Gasteiger partial charge is 0.0631 e. The number of hydrogen-bond donors (Lipinski definition) is 1. The summed E-state index contributed by atoms with van der Waals surface area (Å²) >= 11 is 0. The Kier molecular flexibility index (Phi) is 3.37. The zero-order chi connectivity index (χ0) is 11.4. The molecule has 1 atom stereocenters. The average molecular weight is 215 g/mol. The molecular formula is C13H17N3. The van der Waals surface area contributed by atoms with Crippen LogP contribution in [-0.4, -0.2) is 16.3 Å². The van der Waals surface area contributed by atoms with Gasteiger partial charge >= 0.3 is 0 Å². The lowest BCUT2D eigenvalue weighted by molar-refractivity contribution is 0.660. The monoisotopic (exact) mass is 215 g/mol. The fourth-order valence-electron chi connectivity index (χ4n) is 1.89. The molecule has 1 aromatic heterocycles. The van der Waals surface area contributed by atoms with Crippen LogP contribution in [0.25, 0.3) is 0 Å². The number of nitrogens with two attached hydrogens (primary N) is 1. The molecule has 2 rings (SSSR count). The molecule has 2 aromatic rings. The molecule has 2 N–H and O–H groups in total. The van der Waals surface area contributed by atoms with Gasteiger partial charge in [0, 0.05) is 19.2 Å². The maximum Gasteiger partial charge on any atom is 0.0631 e. The average Bonchev–Trinajstić information content (AvgIpc) is 2.73. The summed E-state index contributed by atoms with van der Waals surface area (Å²) in [5, 5.41) is 4.39. The quantitative estimate of drug-likeness (QED) is 0.843. The molecule has 0 radical (unpaired) electrons. The van der Waals surface area contributed by atoms with Gasteiger partial charge in [-0.05, 0) is 24.6 Å². The van der Waals surface area contributed by atoms with Crippen LogP contribution < -0.4 is 5.73 Å². The third-order valence-electron chi connectivity index (χ3n) is 2.78. The Balaban J connectivity index is 2.12. The van der Waals surface area contributed by atoms with Crippen molar-refractivity contribution in [3.63, 3.8) is 0 Å². The molecular weight excluding hydrogens is 198 g/mol. The summed E-state index contributed by atoms with van der Waals surface area (Å²) in [7, 11) is 1.93. The van der Waals surface area contributed by atoms with Gasteiger partial charge in [0.05, 0.1) is 5.69 Å². The number of aromatic nitrogens is 2. The molecule has 0 saturated heterocycles. The molecule has 0 amide bonds. The number of hydrogen-bond acceptors (Lipinski definition) is 2. The second kappa shape index (κ2) is 4.94. The molecule has 0 saturated carbocycles. The fraction of sp³-hybridized carbons (Fsp3) is 0.308. The summed E-state index contributed by atoms with van der Waals surface area (Å²) in [6, 6.07) is 12.4. The first-order valence-electron chi connectivity index (χ1n) is 5.53. The molecule has 0 aliphatic heterocycles. The molecule has 0 bridgehead atoms. The van der Waals surface area contributed by atoms with E-state index in [1.807, 2.05) is 30.1 Å². The van der Waals surface area contributed by atoms with Gasteiger partial charge in [-0.15, -0.1) is 0 Å². The van der Waals surface area contributed by atoms with E-state index in [4.69, 9.17) is 5.73 Å². The first-order valence-corrected chi connectivity index (χ1v) is 5.53. The molecule has 3 heteroatoms. The van der Waals surface area contributed by atoms with Gasteiger partial charge in [-0.2, -0.15) is 5.10 Å². The van der Waals surface area contributed by atoms with Crippen molar-refractivity contribution < 1.29 is 0 Å². The van der Waals surface area contributed by atoms with Gasteiger partial charge in [0.15, 0.2) is 0 Å². The Hall–Kier alpha value is -1.61. The summed E-state index contributed by atoms with van der Waals surface area (Å²) in [6.07, 6.45) is 2.87. The number of rotatable bonds is 4. The maximum absolute atomic E-state index is 5.82. The summed E-state index contributed by atoms with van der Waals surface area (Å²) in [6.45, 7) is 0.653. The fourth-order valence-corrected chi connectivity index (χ4v) is 1.89. The molecule has 1 unspecified atom stereocenters.